The second-order valence-electron chi connectivity index (χ2n) is 5.89. The van der Waals surface area contributed by atoms with E-state index in [1.807, 2.05) is 6.92 Å². The van der Waals surface area contributed by atoms with Crippen LogP contribution < -0.4 is 10.6 Å². The maximum absolute atomic E-state index is 11.5. The molecule has 20 heavy (non-hydrogen) atoms. The first-order valence-corrected chi connectivity index (χ1v) is 8.75. The summed E-state index contributed by atoms with van der Waals surface area (Å²) >= 11 is 0. The Morgan fingerprint density at radius 2 is 1.35 bits per heavy atom. The largest absolute Gasteiger partial charge is 0.338 e. The molecule has 0 saturated carbocycles. The number of rotatable bonds is 13. The minimum Gasteiger partial charge on any atom is -0.338 e. The molecule has 0 unspecified atom stereocenters. The van der Waals surface area contributed by atoms with Crippen LogP contribution in [0.1, 0.15) is 91.4 Å². The number of amides is 2. The Labute approximate surface area is 126 Å². The van der Waals surface area contributed by atoms with Gasteiger partial charge in [0, 0.05) is 12.6 Å². The summed E-state index contributed by atoms with van der Waals surface area (Å²) in [4.78, 5) is 11.5. The molecule has 0 aromatic rings. The number of carbonyl (C=O) groups is 1. The third kappa shape index (κ3) is 13.7. The molecule has 0 aliphatic rings. The summed E-state index contributed by atoms with van der Waals surface area (Å²) in [6.07, 6.45) is 14.3. The van der Waals surface area contributed by atoms with Crippen LogP contribution in [0.4, 0.5) is 4.79 Å². The van der Waals surface area contributed by atoms with Gasteiger partial charge in [0.15, 0.2) is 0 Å². The fourth-order valence-corrected chi connectivity index (χ4v) is 2.19. The quantitative estimate of drug-likeness (QED) is 0.459. The minimum absolute atomic E-state index is 0.0183. The third-order valence-corrected chi connectivity index (χ3v) is 3.81. The first-order chi connectivity index (χ1) is 9.70. The van der Waals surface area contributed by atoms with Gasteiger partial charge in [-0.3, -0.25) is 0 Å². The van der Waals surface area contributed by atoms with Crippen molar-refractivity contribution in [1.82, 2.24) is 10.6 Å². The van der Waals surface area contributed by atoms with E-state index < -0.39 is 0 Å². The molecule has 0 aliphatic heterocycles. The fraction of sp³-hybridized carbons (Fsp3) is 0.941. The van der Waals surface area contributed by atoms with Crippen molar-refractivity contribution < 1.29 is 4.79 Å². The summed E-state index contributed by atoms with van der Waals surface area (Å²) in [5.74, 6) is 0. The van der Waals surface area contributed by atoms with Crippen molar-refractivity contribution >= 4 is 6.03 Å². The number of hydrogen-bond donors (Lipinski definition) is 2. The lowest BCUT2D eigenvalue weighted by molar-refractivity contribution is 0.237. The van der Waals surface area contributed by atoms with Crippen LogP contribution in [0, 0.1) is 0 Å². The molecule has 2 amide bonds. The maximum Gasteiger partial charge on any atom is 0.314 e. The average Bonchev–Trinajstić information content (AvgIpc) is 2.44. The molecule has 2 N–H and O–H groups in total. The van der Waals surface area contributed by atoms with E-state index in [1.165, 1.54) is 57.8 Å². The number of hydrogen-bond acceptors (Lipinski definition) is 1. The summed E-state index contributed by atoms with van der Waals surface area (Å²) in [6.45, 7) is 7.17. The van der Waals surface area contributed by atoms with Gasteiger partial charge in [0.25, 0.3) is 0 Å². The normalized spacial score (nSPS) is 12.2. The van der Waals surface area contributed by atoms with Crippen LogP contribution in [0.25, 0.3) is 0 Å². The Hall–Kier alpha value is -0.730. The highest BCUT2D eigenvalue weighted by Gasteiger charge is 2.03. The zero-order valence-electron chi connectivity index (χ0n) is 14.0. The summed E-state index contributed by atoms with van der Waals surface area (Å²) < 4.78 is 0. The van der Waals surface area contributed by atoms with Crippen LogP contribution in [-0.4, -0.2) is 18.6 Å². The summed E-state index contributed by atoms with van der Waals surface area (Å²) in [5.41, 5.74) is 0. The van der Waals surface area contributed by atoms with Crippen LogP contribution in [0.15, 0.2) is 0 Å². The fourth-order valence-electron chi connectivity index (χ4n) is 2.19. The molecule has 0 rings (SSSR count). The summed E-state index contributed by atoms with van der Waals surface area (Å²) in [7, 11) is 0. The van der Waals surface area contributed by atoms with Gasteiger partial charge in [0.05, 0.1) is 0 Å². The average molecular weight is 284 g/mol. The van der Waals surface area contributed by atoms with Crippen LogP contribution >= 0.6 is 0 Å². The van der Waals surface area contributed by atoms with Crippen LogP contribution in [0.5, 0.6) is 0 Å². The van der Waals surface area contributed by atoms with E-state index in [0.29, 0.717) is 0 Å². The number of urea groups is 1. The lowest BCUT2D eigenvalue weighted by Gasteiger charge is -2.12. The van der Waals surface area contributed by atoms with Crippen molar-refractivity contribution in [2.45, 2.75) is 97.4 Å². The van der Waals surface area contributed by atoms with E-state index >= 15 is 0 Å². The predicted octanol–water partition coefficient (Wildman–Crippen LogP) is 5.01. The smallest absolute Gasteiger partial charge is 0.314 e. The minimum atomic E-state index is -0.0183. The van der Waals surface area contributed by atoms with E-state index in [4.69, 9.17) is 0 Å². The van der Waals surface area contributed by atoms with Gasteiger partial charge in [-0.2, -0.15) is 0 Å². The highest BCUT2D eigenvalue weighted by atomic mass is 16.2. The number of unbranched alkanes of at least 4 members (excludes halogenated alkanes) is 9. The van der Waals surface area contributed by atoms with Crippen molar-refractivity contribution in [3.05, 3.63) is 0 Å². The molecule has 1 atom stereocenters. The van der Waals surface area contributed by atoms with Crippen molar-refractivity contribution in [3.8, 4) is 0 Å². The molecule has 0 aliphatic carbocycles. The molecule has 0 fully saturated rings. The van der Waals surface area contributed by atoms with Crippen LogP contribution in [-0.2, 0) is 0 Å². The second-order valence-corrected chi connectivity index (χ2v) is 5.89. The van der Waals surface area contributed by atoms with Crippen molar-refractivity contribution in [2.75, 3.05) is 6.54 Å². The van der Waals surface area contributed by atoms with Gasteiger partial charge < -0.3 is 10.6 Å². The third-order valence-electron chi connectivity index (χ3n) is 3.81. The van der Waals surface area contributed by atoms with Crippen molar-refractivity contribution in [3.63, 3.8) is 0 Å². The monoisotopic (exact) mass is 284 g/mol. The van der Waals surface area contributed by atoms with E-state index in [9.17, 15) is 4.79 Å². The molecule has 3 nitrogen and oxygen atoms in total. The Balaban J connectivity index is 3.14. The Kier molecular flexibility index (Phi) is 14.1. The van der Waals surface area contributed by atoms with E-state index in [2.05, 4.69) is 24.5 Å². The Morgan fingerprint density at radius 3 is 1.85 bits per heavy atom. The lowest BCUT2D eigenvalue weighted by atomic mass is 10.1. The first kappa shape index (κ1) is 19.3. The SMILES string of the molecule is CCCCCCCCCCCCNC(=O)N[C@@H](C)CC. The van der Waals surface area contributed by atoms with Gasteiger partial charge in [-0.1, -0.05) is 71.6 Å². The van der Waals surface area contributed by atoms with Gasteiger partial charge in [0.2, 0.25) is 0 Å². The standard InChI is InChI=1S/C17H36N2O/c1-4-6-7-8-9-10-11-12-13-14-15-18-17(20)19-16(3)5-2/h16H,4-15H2,1-3H3,(H2,18,19,20)/t16-/m0/s1. The molecule has 0 heterocycles. The van der Waals surface area contributed by atoms with Gasteiger partial charge in [-0.05, 0) is 19.8 Å². The number of carbonyl (C=O) groups excluding carboxylic acids is 1. The summed E-state index contributed by atoms with van der Waals surface area (Å²) in [6, 6.07) is 0.248. The lowest BCUT2D eigenvalue weighted by Crippen LogP contribution is -2.40. The molecule has 0 aromatic carbocycles. The molecular weight excluding hydrogens is 248 g/mol. The predicted molar refractivity (Wildman–Crippen MR) is 88.1 cm³/mol. The van der Waals surface area contributed by atoms with E-state index in [-0.39, 0.29) is 12.1 Å². The maximum atomic E-state index is 11.5. The zero-order valence-corrected chi connectivity index (χ0v) is 14.0. The van der Waals surface area contributed by atoms with Gasteiger partial charge in [0.1, 0.15) is 0 Å². The molecule has 0 bridgehead atoms. The first-order valence-electron chi connectivity index (χ1n) is 8.75. The highest BCUT2D eigenvalue weighted by molar-refractivity contribution is 5.74. The topological polar surface area (TPSA) is 41.1 Å². The second kappa shape index (κ2) is 14.7. The Bertz CT molecular complexity index is 219. The van der Waals surface area contributed by atoms with Crippen LogP contribution in [0.3, 0.4) is 0 Å². The molecule has 0 saturated heterocycles. The van der Waals surface area contributed by atoms with Gasteiger partial charge in [-0.15, -0.1) is 0 Å². The van der Waals surface area contributed by atoms with E-state index in [0.717, 1.165) is 19.4 Å². The van der Waals surface area contributed by atoms with E-state index in [1.54, 1.807) is 0 Å². The van der Waals surface area contributed by atoms with Crippen LogP contribution in [0.2, 0.25) is 0 Å². The molecular formula is C17H36N2O. The van der Waals surface area contributed by atoms with Crippen molar-refractivity contribution in [2.24, 2.45) is 0 Å². The van der Waals surface area contributed by atoms with Gasteiger partial charge >= 0.3 is 6.03 Å². The Morgan fingerprint density at radius 1 is 0.850 bits per heavy atom. The number of nitrogens with one attached hydrogen (secondary N) is 2. The highest BCUT2D eigenvalue weighted by Crippen LogP contribution is 2.10. The molecule has 0 radical (unpaired) electrons. The van der Waals surface area contributed by atoms with Crippen molar-refractivity contribution in [1.29, 1.82) is 0 Å². The molecule has 0 spiro atoms. The van der Waals surface area contributed by atoms with Gasteiger partial charge in [-0.25, -0.2) is 4.79 Å². The molecule has 0 aromatic heterocycles. The summed E-state index contributed by atoms with van der Waals surface area (Å²) in [5, 5.41) is 5.84. The molecule has 3 heteroatoms. The molecule has 120 valence electrons. The zero-order chi connectivity index (χ0) is 15.1.